The molecule has 2 N–H and O–H groups in total. The second-order valence-electron chi connectivity index (χ2n) is 5.16. The van der Waals surface area contributed by atoms with E-state index in [1.54, 1.807) is 0 Å². The molecule has 1 aliphatic carbocycles. The molecule has 0 aromatic carbocycles. The van der Waals surface area contributed by atoms with E-state index in [0.717, 1.165) is 28.6 Å². The Morgan fingerprint density at radius 2 is 2.15 bits per heavy atom. The van der Waals surface area contributed by atoms with Gasteiger partial charge in [-0.25, -0.2) is 9.67 Å². The molecule has 0 spiro atoms. The monoisotopic (exact) mass is 290 g/mol. The quantitative estimate of drug-likeness (QED) is 0.930. The van der Waals surface area contributed by atoms with E-state index in [1.165, 1.54) is 24.6 Å². The first-order valence-electron chi connectivity index (χ1n) is 6.91. The highest BCUT2D eigenvalue weighted by atomic mass is 32.2. The third-order valence-corrected chi connectivity index (χ3v) is 4.52. The molecule has 1 fully saturated rings. The molecule has 0 amide bonds. The molecule has 2 aromatic heterocycles. The number of tetrazole rings is 1. The van der Waals surface area contributed by atoms with Crippen molar-refractivity contribution >= 4 is 11.8 Å². The average molecular weight is 290 g/mol. The van der Waals surface area contributed by atoms with Gasteiger partial charge in [-0.15, -0.1) is 5.10 Å². The van der Waals surface area contributed by atoms with Gasteiger partial charge in [-0.1, -0.05) is 18.9 Å². The molecule has 0 saturated heterocycles. The summed E-state index contributed by atoms with van der Waals surface area (Å²) in [6.07, 6.45) is 6.66. The summed E-state index contributed by atoms with van der Waals surface area (Å²) in [5.74, 6) is 0. The van der Waals surface area contributed by atoms with Crippen LogP contribution in [0.1, 0.15) is 50.3 Å². The van der Waals surface area contributed by atoms with Gasteiger partial charge in [0.05, 0.1) is 6.04 Å². The molecule has 1 saturated carbocycles. The third-order valence-electron chi connectivity index (χ3n) is 3.61. The highest BCUT2D eigenvalue weighted by Crippen LogP contribution is 2.33. The minimum atomic E-state index is 0.00496. The Kier molecular flexibility index (Phi) is 3.98. The number of pyridine rings is 1. The maximum absolute atomic E-state index is 5.82. The van der Waals surface area contributed by atoms with Crippen LogP contribution in [0.25, 0.3) is 0 Å². The van der Waals surface area contributed by atoms with Crippen molar-refractivity contribution in [3.8, 4) is 0 Å². The van der Waals surface area contributed by atoms with Crippen LogP contribution >= 0.6 is 11.8 Å². The smallest absolute Gasteiger partial charge is 0.215 e. The maximum atomic E-state index is 5.82. The predicted molar refractivity (Wildman–Crippen MR) is 76.3 cm³/mol. The summed E-state index contributed by atoms with van der Waals surface area (Å²) < 4.78 is 1.94. The molecule has 7 heteroatoms. The number of hydrogen-bond acceptors (Lipinski definition) is 6. The van der Waals surface area contributed by atoms with Gasteiger partial charge < -0.3 is 5.73 Å². The first-order chi connectivity index (χ1) is 9.74. The molecular formula is C13H18N6S. The first-order valence-corrected chi connectivity index (χ1v) is 7.73. The normalized spacial score (nSPS) is 17.5. The Labute approximate surface area is 122 Å². The van der Waals surface area contributed by atoms with Crippen LogP contribution in [0, 0.1) is 0 Å². The fourth-order valence-corrected chi connectivity index (χ4v) is 3.23. The number of aromatic nitrogens is 5. The van der Waals surface area contributed by atoms with Gasteiger partial charge in [-0.2, -0.15) is 0 Å². The van der Waals surface area contributed by atoms with Crippen molar-refractivity contribution < 1.29 is 0 Å². The standard InChI is InChI=1S/C13H18N6S/c1-9(14)10-6-7-12(15-8-10)20-13-16-17-18-19(13)11-4-2-3-5-11/h6-9,11H,2-5,14H2,1H3/t9-/m0/s1. The molecule has 0 aliphatic heterocycles. The molecule has 2 aromatic rings. The molecule has 1 atom stereocenters. The maximum Gasteiger partial charge on any atom is 0.215 e. The van der Waals surface area contributed by atoms with Crippen LogP contribution < -0.4 is 5.73 Å². The molecule has 0 radical (unpaired) electrons. The Bertz CT molecular complexity index is 558. The van der Waals surface area contributed by atoms with Crippen LogP contribution in [0.15, 0.2) is 28.5 Å². The van der Waals surface area contributed by atoms with Crippen molar-refractivity contribution in [2.75, 3.05) is 0 Å². The van der Waals surface area contributed by atoms with Gasteiger partial charge in [0.1, 0.15) is 5.03 Å². The van der Waals surface area contributed by atoms with Gasteiger partial charge in [-0.05, 0) is 53.6 Å². The lowest BCUT2D eigenvalue weighted by atomic mass is 10.2. The minimum Gasteiger partial charge on any atom is -0.324 e. The van der Waals surface area contributed by atoms with Gasteiger partial charge in [0.2, 0.25) is 5.16 Å². The highest BCUT2D eigenvalue weighted by Gasteiger charge is 2.22. The highest BCUT2D eigenvalue weighted by molar-refractivity contribution is 7.99. The zero-order chi connectivity index (χ0) is 13.9. The summed E-state index contributed by atoms with van der Waals surface area (Å²) >= 11 is 1.50. The number of nitrogens with zero attached hydrogens (tertiary/aromatic N) is 5. The van der Waals surface area contributed by atoms with Crippen molar-refractivity contribution in [3.05, 3.63) is 23.9 Å². The molecule has 106 valence electrons. The molecule has 0 unspecified atom stereocenters. The lowest BCUT2D eigenvalue weighted by Crippen LogP contribution is -2.08. The largest absolute Gasteiger partial charge is 0.324 e. The summed E-state index contributed by atoms with van der Waals surface area (Å²) in [6, 6.07) is 4.42. The zero-order valence-electron chi connectivity index (χ0n) is 11.4. The van der Waals surface area contributed by atoms with Gasteiger partial charge in [0.25, 0.3) is 0 Å². The SMILES string of the molecule is C[C@H](N)c1ccc(Sc2nnnn2C2CCCC2)nc1. The van der Waals surface area contributed by atoms with E-state index in [4.69, 9.17) is 5.73 Å². The molecule has 3 rings (SSSR count). The van der Waals surface area contributed by atoms with Gasteiger partial charge in [0, 0.05) is 12.2 Å². The van der Waals surface area contributed by atoms with Crippen molar-refractivity contribution in [1.82, 2.24) is 25.2 Å². The van der Waals surface area contributed by atoms with Crippen LogP contribution in [0.4, 0.5) is 0 Å². The van der Waals surface area contributed by atoms with E-state index in [-0.39, 0.29) is 6.04 Å². The number of rotatable bonds is 4. The Balaban J connectivity index is 1.76. The van der Waals surface area contributed by atoms with E-state index in [0.29, 0.717) is 6.04 Å². The topological polar surface area (TPSA) is 82.5 Å². The van der Waals surface area contributed by atoms with Crippen LogP contribution in [-0.2, 0) is 0 Å². The van der Waals surface area contributed by atoms with E-state index in [9.17, 15) is 0 Å². The minimum absolute atomic E-state index is 0.00496. The van der Waals surface area contributed by atoms with Gasteiger partial charge in [0.15, 0.2) is 0 Å². The lowest BCUT2D eigenvalue weighted by molar-refractivity contribution is 0.423. The third kappa shape index (κ3) is 2.83. The molecule has 0 bridgehead atoms. The van der Waals surface area contributed by atoms with E-state index < -0.39 is 0 Å². The summed E-state index contributed by atoms with van der Waals surface area (Å²) in [5, 5.41) is 13.8. The number of hydrogen-bond donors (Lipinski definition) is 1. The summed E-state index contributed by atoms with van der Waals surface area (Å²) in [6.45, 7) is 1.95. The first kappa shape index (κ1) is 13.5. The van der Waals surface area contributed by atoms with Crippen molar-refractivity contribution in [3.63, 3.8) is 0 Å². The Morgan fingerprint density at radius 1 is 1.35 bits per heavy atom. The zero-order valence-corrected chi connectivity index (χ0v) is 12.3. The van der Waals surface area contributed by atoms with Gasteiger partial charge >= 0.3 is 0 Å². The average Bonchev–Trinajstić information content (AvgIpc) is 3.09. The van der Waals surface area contributed by atoms with E-state index >= 15 is 0 Å². The predicted octanol–water partition coefficient (Wildman–Crippen LogP) is 2.35. The van der Waals surface area contributed by atoms with Crippen molar-refractivity contribution in [2.24, 2.45) is 5.73 Å². The molecular weight excluding hydrogens is 272 g/mol. The van der Waals surface area contributed by atoms with Crippen LogP contribution in [0.3, 0.4) is 0 Å². The van der Waals surface area contributed by atoms with Crippen molar-refractivity contribution in [2.45, 2.75) is 54.9 Å². The Hall–Kier alpha value is -1.47. The molecule has 2 heterocycles. The van der Waals surface area contributed by atoms with Crippen LogP contribution in [0.2, 0.25) is 0 Å². The summed E-state index contributed by atoms with van der Waals surface area (Å²) in [5.41, 5.74) is 6.86. The van der Waals surface area contributed by atoms with Crippen LogP contribution in [-0.4, -0.2) is 25.2 Å². The molecule has 1 aliphatic rings. The summed E-state index contributed by atoms with van der Waals surface area (Å²) in [4.78, 5) is 4.42. The fraction of sp³-hybridized carbons (Fsp3) is 0.538. The molecule has 20 heavy (non-hydrogen) atoms. The van der Waals surface area contributed by atoms with Gasteiger partial charge in [-0.3, -0.25) is 0 Å². The number of nitrogens with two attached hydrogens (primary N) is 1. The lowest BCUT2D eigenvalue weighted by Gasteiger charge is -2.10. The second kappa shape index (κ2) is 5.88. The summed E-state index contributed by atoms with van der Waals surface area (Å²) in [7, 11) is 0. The fourth-order valence-electron chi connectivity index (χ4n) is 2.45. The van der Waals surface area contributed by atoms with E-state index in [1.807, 2.05) is 29.9 Å². The Morgan fingerprint density at radius 3 is 2.80 bits per heavy atom. The van der Waals surface area contributed by atoms with E-state index in [2.05, 4.69) is 20.5 Å². The van der Waals surface area contributed by atoms with Crippen LogP contribution in [0.5, 0.6) is 0 Å². The molecule has 6 nitrogen and oxygen atoms in total. The second-order valence-corrected chi connectivity index (χ2v) is 6.15. The van der Waals surface area contributed by atoms with Crippen molar-refractivity contribution in [1.29, 1.82) is 0 Å².